The van der Waals surface area contributed by atoms with Gasteiger partial charge in [-0.15, -0.1) is 0 Å². The van der Waals surface area contributed by atoms with Crippen LogP contribution in [-0.2, 0) is 8.98 Å². The van der Waals surface area contributed by atoms with Crippen LogP contribution in [0.5, 0.6) is 0 Å². The van der Waals surface area contributed by atoms with Crippen LogP contribution in [0.15, 0.2) is 0 Å². The van der Waals surface area contributed by atoms with Crippen LogP contribution >= 0.6 is 12.0 Å². The fourth-order valence-corrected chi connectivity index (χ4v) is 0.763. The summed E-state index contributed by atoms with van der Waals surface area (Å²) in [5, 5.41) is 2.68. The van der Waals surface area contributed by atoms with Crippen molar-refractivity contribution in [3.8, 4) is 0 Å². The molecule has 4 heteroatoms. The van der Waals surface area contributed by atoms with E-state index in [1.807, 2.05) is 6.26 Å². The maximum atomic E-state index is 10.3. The van der Waals surface area contributed by atoms with Gasteiger partial charge in [0, 0.05) is 19.7 Å². The SMILES string of the molecule is CSOCCCNC(C)=O. The molecule has 0 radical (unpaired) electrons. The molecule has 0 aromatic rings. The van der Waals surface area contributed by atoms with Crippen molar-refractivity contribution in [2.75, 3.05) is 19.4 Å². The Hall–Kier alpha value is -0.220. The minimum atomic E-state index is 0.0177. The summed E-state index contributed by atoms with van der Waals surface area (Å²) in [6.45, 7) is 2.91. The fraction of sp³-hybridized carbons (Fsp3) is 0.833. The minimum Gasteiger partial charge on any atom is -0.356 e. The number of hydrogen-bond acceptors (Lipinski definition) is 3. The maximum Gasteiger partial charge on any atom is 0.216 e. The highest BCUT2D eigenvalue weighted by atomic mass is 32.2. The van der Waals surface area contributed by atoms with Crippen molar-refractivity contribution in [1.29, 1.82) is 0 Å². The molecule has 0 aliphatic heterocycles. The van der Waals surface area contributed by atoms with Crippen molar-refractivity contribution >= 4 is 17.9 Å². The Balaban J connectivity index is 2.84. The maximum absolute atomic E-state index is 10.3. The first-order valence-corrected chi connectivity index (χ1v) is 4.32. The summed E-state index contributed by atoms with van der Waals surface area (Å²) in [6.07, 6.45) is 2.75. The molecule has 0 rings (SSSR count). The van der Waals surface area contributed by atoms with Crippen LogP contribution in [0.25, 0.3) is 0 Å². The van der Waals surface area contributed by atoms with Gasteiger partial charge in [-0.25, -0.2) is 0 Å². The monoisotopic (exact) mass is 163 g/mol. The summed E-state index contributed by atoms with van der Waals surface area (Å²) in [7, 11) is 0. The summed E-state index contributed by atoms with van der Waals surface area (Å²) in [5.41, 5.74) is 0. The van der Waals surface area contributed by atoms with Crippen LogP contribution in [0, 0.1) is 0 Å². The lowest BCUT2D eigenvalue weighted by molar-refractivity contribution is -0.118. The van der Waals surface area contributed by atoms with Gasteiger partial charge in [0.25, 0.3) is 0 Å². The van der Waals surface area contributed by atoms with Gasteiger partial charge in [0.15, 0.2) is 0 Å². The molecular weight excluding hydrogens is 150 g/mol. The molecule has 1 N–H and O–H groups in total. The van der Waals surface area contributed by atoms with Crippen molar-refractivity contribution in [1.82, 2.24) is 5.32 Å². The standard InChI is InChI=1S/C6H13NO2S/c1-6(8)7-4-3-5-9-10-2/h3-5H2,1-2H3,(H,7,8). The molecule has 0 aromatic carbocycles. The number of carbonyl (C=O) groups is 1. The number of rotatable bonds is 5. The van der Waals surface area contributed by atoms with Crippen LogP contribution in [0.4, 0.5) is 0 Å². The second-order valence-electron chi connectivity index (χ2n) is 1.83. The third-order valence-electron chi connectivity index (χ3n) is 0.896. The Labute approximate surface area is 65.7 Å². The zero-order valence-corrected chi connectivity index (χ0v) is 7.16. The van der Waals surface area contributed by atoms with E-state index in [9.17, 15) is 4.79 Å². The Morgan fingerprint density at radius 1 is 1.70 bits per heavy atom. The summed E-state index contributed by atoms with van der Waals surface area (Å²) in [5.74, 6) is 0.0177. The van der Waals surface area contributed by atoms with Gasteiger partial charge in [-0.3, -0.25) is 4.79 Å². The summed E-state index contributed by atoms with van der Waals surface area (Å²) in [6, 6.07) is 0. The van der Waals surface area contributed by atoms with Gasteiger partial charge in [-0.05, 0) is 18.5 Å². The molecule has 0 atom stereocenters. The highest BCUT2D eigenvalue weighted by molar-refractivity contribution is 7.93. The van der Waals surface area contributed by atoms with Gasteiger partial charge in [0.05, 0.1) is 6.61 Å². The van der Waals surface area contributed by atoms with E-state index in [0.29, 0.717) is 13.2 Å². The van der Waals surface area contributed by atoms with Crippen LogP contribution in [0.1, 0.15) is 13.3 Å². The van der Waals surface area contributed by atoms with E-state index in [2.05, 4.69) is 5.32 Å². The average Bonchev–Trinajstić information content (AvgIpc) is 1.87. The molecule has 3 nitrogen and oxygen atoms in total. The Morgan fingerprint density at radius 3 is 2.90 bits per heavy atom. The van der Waals surface area contributed by atoms with E-state index in [1.165, 1.54) is 19.0 Å². The molecule has 0 bridgehead atoms. The predicted octanol–water partition coefficient (Wildman–Crippen LogP) is 0.807. The van der Waals surface area contributed by atoms with Crippen molar-refractivity contribution in [3.05, 3.63) is 0 Å². The average molecular weight is 163 g/mol. The fourth-order valence-electron chi connectivity index (χ4n) is 0.479. The van der Waals surface area contributed by atoms with Gasteiger partial charge in [0.1, 0.15) is 0 Å². The normalized spacial score (nSPS) is 9.40. The highest BCUT2D eigenvalue weighted by Crippen LogP contribution is 1.94. The Morgan fingerprint density at radius 2 is 2.40 bits per heavy atom. The molecule has 0 aromatic heterocycles. The van der Waals surface area contributed by atoms with Crippen LogP contribution < -0.4 is 5.32 Å². The van der Waals surface area contributed by atoms with Crippen molar-refractivity contribution in [2.24, 2.45) is 0 Å². The zero-order valence-electron chi connectivity index (χ0n) is 6.35. The topological polar surface area (TPSA) is 38.3 Å². The number of carbonyl (C=O) groups excluding carboxylic acids is 1. The second kappa shape index (κ2) is 6.89. The summed E-state index contributed by atoms with van der Waals surface area (Å²) >= 11 is 1.35. The van der Waals surface area contributed by atoms with E-state index in [1.54, 1.807) is 0 Å². The molecular formula is C6H13NO2S. The molecule has 60 valence electrons. The first kappa shape index (κ1) is 9.78. The van der Waals surface area contributed by atoms with Gasteiger partial charge in [-0.1, -0.05) is 0 Å². The Bertz CT molecular complexity index is 97.7. The molecule has 0 heterocycles. The zero-order chi connectivity index (χ0) is 7.82. The smallest absolute Gasteiger partial charge is 0.216 e. The van der Waals surface area contributed by atoms with Crippen LogP contribution in [0.3, 0.4) is 0 Å². The minimum absolute atomic E-state index is 0.0177. The largest absolute Gasteiger partial charge is 0.356 e. The van der Waals surface area contributed by atoms with Crippen molar-refractivity contribution < 1.29 is 8.98 Å². The number of hydrogen-bond donors (Lipinski definition) is 1. The second-order valence-corrected chi connectivity index (χ2v) is 2.39. The third-order valence-corrected chi connectivity index (χ3v) is 1.30. The van der Waals surface area contributed by atoms with Gasteiger partial charge in [0.2, 0.25) is 5.91 Å². The van der Waals surface area contributed by atoms with Crippen molar-refractivity contribution in [3.63, 3.8) is 0 Å². The number of amides is 1. The van der Waals surface area contributed by atoms with Gasteiger partial charge in [-0.2, -0.15) is 0 Å². The summed E-state index contributed by atoms with van der Waals surface area (Å²) in [4.78, 5) is 10.3. The molecule has 0 aliphatic rings. The van der Waals surface area contributed by atoms with Crippen molar-refractivity contribution in [2.45, 2.75) is 13.3 Å². The molecule has 0 unspecified atom stereocenters. The van der Waals surface area contributed by atoms with E-state index >= 15 is 0 Å². The van der Waals surface area contributed by atoms with E-state index < -0.39 is 0 Å². The molecule has 0 saturated carbocycles. The van der Waals surface area contributed by atoms with Crippen LogP contribution in [-0.4, -0.2) is 25.3 Å². The lowest BCUT2D eigenvalue weighted by Gasteiger charge is -2.00. The molecule has 0 saturated heterocycles. The van der Waals surface area contributed by atoms with E-state index in [-0.39, 0.29) is 5.91 Å². The lowest BCUT2D eigenvalue weighted by atomic mass is 10.4. The molecule has 10 heavy (non-hydrogen) atoms. The molecule has 0 fully saturated rings. The predicted molar refractivity (Wildman–Crippen MR) is 42.8 cm³/mol. The summed E-state index contributed by atoms with van der Waals surface area (Å²) < 4.78 is 4.98. The van der Waals surface area contributed by atoms with Gasteiger partial charge < -0.3 is 9.50 Å². The third kappa shape index (κ3) is 7.78. The Kier molecular flexibility index (Phi) is 6.74. The van der Waals surface area contributed by atoms with Crippen LogP contribution in [0.2, 0.25) is 0 Å². The van der Waals surface area contributed by atoms with Gasteiger partial charge >= 0.3 is 0 Å². The molecule has 1 amide bonds. The molecule has 0 aliphatic carbocycles. The first-order chi connectivity index (χ1) is 4.77. The van der Waals surface area contributed by atoms with E-state index in [0.717, 1.165) is 6.42 Å². The highest BCUT2D eigenvalue weighted by Gasteiger charge is 1.89. The first-order valence-electron chi connectivity index (χ1n) is 3.17. The quantitative estimate of drug-likeness (QED) is 0.481. The number of nitrogens with one attached hydrogen (secondary N) is 1. The molecule has 0 spiro atoms. The lowest BCUT2D eigenvalue weighted by Crippen LogP contribution is -2.21. The van der Waals surface area contributed by atoms with E-state index in [4.69, 9.17) is 4.18 Å².